The lowest BCUT2D eigenvalue weighted by Crippen LogP contribution is -2.43. The van der Waals surface area contributed by atoms with Gasteiger partial charge in [0, 0.05) is 11.4 Å². The van der Waals surface area contributed by atoms with Gasteiger partial charge in [-0.05, 0) is 51.2 Å². The lowest BCUT2D eigenvalue weighted by molar-refractivity contribution is 0.0921. The number of likely N-dealkylation sites (tertiary alicyclic amines) is 1. The van der Waals surface area contributed by atoms with Crippen molar-refractivity contribution in [1.29, 1.82) is 0 Å². The van der Waals surface area contributed by atoms with Crippen LogP contribution in [0.5, 0.6) is 0 Å². The van der Waals surface area contributed by atoms with Crippen LogP contribution < -0.4 is 16.0 Å². The van der Waals surface area contributed by atoms with Crippen LogP contribution in [-0.2, 0) is 0 Å². The molecule has 0 spiro atoms. The summed E-state index contributed by atoms with van der Waals surface area (Å²) in [6, 6.07) is 8.59. The number of aromatic nitrogens is 2. The molecule has 0 unspecified atom stereocenters. The molecule has 4 rings (SSSR count). The van der Waals surface area contributed by atoms with Gasteiger partial charge in [-0.15, -0.1) is 11.3 Å². The second-order valence-corrected chi connectivity index (χ2v) is 8.77. The lowest BCUT2D eigenvalue weighted by atomic mass is 10.1. The first-order valence-corrected chi connectivity index (χ1v) is 11.2. The number of hydrogen-bond acceptors (Lipinski definition) is 5. The first-order chi connectivity index (χ1) is 15.0. The number of amides is 3. The molecule has 2 aromatic heterocycles. The number of thiophene rings is 1. The Balaban J connectivity index is 1.35. The third-order valence-corrected chi connectivity index (χ3v) is 6.34. The summed E-state index contributed by atoms with van der Waals surface area (Å²) in [5, 5.41) is 15.1. The van der Waals surface area contributed by atoms with E-state index in [-0.39, 0.29) is 11.9 Å². The summed E-state index contributed by atoms with van der Waals surface area (Å²) in [7, 11) is 2.09. The Hall–Kier alpha value is -2.88. The number of hydrogen-bond donors (Lipinski definition) is 3. The smallest absolute Gasteiger partial charge is 0.323 e. The second-order valence-electron chi connectivity index (χ2n) is 7.45. The molecule has 3 N–H and O–H groups in total. The lowest BCUT2D eigenvalue weighted by Gasteiger charge is -2.29. The SMILES string of the molecule is CN1CCC(NC(=O)c2cc(-n3cc(NC(=O)Nc4ccccc4Cl)cn3)cs2)CC1. The number of nitrogens with zero attached hydrogens (tertiary/aromatic N) is 3. The number of urea groups is 1. The molecule has 8 nitrogen and oxygen atoms in total. The van der Waals surface area contributed by atoms with Crippen LogP contribution in [-0.4, -0.2) is 52.8 Å². The highest BCUT2D eigenvalue weighted by atomic mass is 35.5. The standard InChI is InChI=1S/C21H23ClN6O2S/c1-27-8-6-14(7-9-27)24-20(29)19-10-16(13-31-19)28-12-15(11-23-28)25-21(30)26-18-5-3-2-4-17(18)22/h2-5,10-14H,6-9H2,1H3,(H,24,29)(H2,25,26,30). The topological polar surface area (TPSA) is 91.3 Å². The molecule has 1 fully saturated rings. The Morgan fingerprint density at radius 3 is 2.74 bits per heavy atom. The average Bonchev–Trinajstić information content (AvgIpc) is 3.41. The van der Waals surface area contributed by atoms with Crippen molar-refractivity contribution in [2.24, 2.45) is 0 Å². The molecule has 3 heterocycles. The number of para-hydroxylation sites is 1. The molecule has 162 valence electrons. The minimum atomic E-state index is -0.420. The molecule has 1 aromatic carbocycles. The second kappa shape index (κ2) is 9.51. The van der Waals surface area contributed by atoms with Crippen LogP contribution in [0.1, 0.15) is 22.5 Å². The van der Waals surface area contributed by atoms with Gasteiger partial charge in [-0.3, -0.25) is 4.79 Å². The van der Waals surface area contributed by atoms with Crippen molar-refractivity contribution in [3.63, 3.8) is 0 Å². The van der Waals surface area contributed by atoms with Crippen molar-refractivity contribution in [3.05, 3.63) is 58.0 Å². The number of rotatable bonds is 5. The monoisotopic (exact) mass is 458 g/mol. The molecule has 0 aliphatic carbocycles. The molecule has 3 aromatic rings. The number of benzene rings is 1. The molecule has 10 heteroatoms. The van der Waals surface area contributed by atoms with Gasteiger partial charge in [0.1, 0.15) is 0 Å². The predicted octanol–water partition coefficient (Wildman–Crippen LogP) is 4.06. The summed E-state index contributed by atoms with van der Waals surface area (Å²) in [4.78, 5) is 27.7. The highest BCUT2D eigenvalue weighted by Gasteiger charge is 2.20. The van der Waals surface area contributed by atoms with Crippen LogP contribution >= 0.6 is 22.9 Å². The fourth-order valence-electron chi connectivity index (χ4n) is 3.35. The van der Waals surface area contributed by atoms with Crippen molar-refractivity contribution in [2.45, 2.75) is 18.9 Å². The van der Waals surface area contributed by atoms with Crippen LogP contribution in [0.25, 0.3) is 5.69 Å². The van der Waals surface area contributed by atoms with Gasteiger partial charge in [0.25, 0.3) is 5.91 Å². The van der Waals surface area contributed by atoms with E-state index in [1.165, 1.54) is 11.3 Å². The summed E-state index contributed by atoms with van der Waals surface area (Å²) >= 11 is 7.43. The fraction of sp³-hybridized carbons (Fsp3) is 0.286. The molecule has 0 radical (unpaired) electrons. The first kappa shape index (κ1) is 21.4. The van der Waals surface area contributed by atoms with E-state index >= 15 is 0 Å². The summed E-state index contributed by atoms with van der Waals surface area (Å²) in [5.74, 6) is -0.0598. The van der Waals surface area contributed by atoms with Crippen LogP contribution in [0, 0.1) is 0 Å². The fourth-order valence-corrected chi connectivity index (χ4v) is 4.31. The number of piperidine rings is 1. The summed E-state index contributed by atoms with van der Waals surface area (Å²) in [5.41, 5.74) is 1.80. The van der Waals surface area contributed by atoms with Crippen LogP contribution in [0.15, 0.2) is 48.1 Å². The molecular weight excluding hydrogens is 436 g/mol. The number of nitrogens with one attached hydrogen (secondary N) is 3. The molecule has 1 saturated heterocycles. The Morgan fingerprint density at radius 2 is 1.97 bits per heavy atom. The molecular formula is C21H23ClN6O2S. The van der Waals surface area contributed by atoms with E-state index in [0.717, 1.165) is 31.6 Å². The summed E-state index contributed by atoms with van der Waals surface area (Å²) in [6.07, 6.45) is 5.16. The van der Waals surface area contributed by atoms with Crippen LogP contribution in [0.4, 0.5) is 16.2 Å². The van der Waals surface area contributed by atoms with Crippen molar-refractivity contribution in [2.75, 3.05) is 30.8 Å². The Kier molecular flexibility index (Phi) is 6.55. The maximum Gasteiger partial charge on any atom is 0.323 e. The molecule has 1 aliphatic heterocycles. The molecule has 3 amide bonds. The van der Waals surface area contributed by atoms with Crippen LogP contribution in [0.3, 0.4) is 0 Å². The Bertz CT molecular complexity index is 1070. The zero-order chi connectivity index (χ0) is 21.8. The van der Waals surface area contributed by atoms with E-state index in [2.05, 4.69) is 33.0 Å². The normalized spacial score (nSPS) is 14.9. The third-order valence-electron chi connectivity index (χ3n) is 5.09. The summed E-state index contributed by atoms with van der Waals surface area (Å²) in [6.45, 7) is 1.99. The molecule has 31 heavy (non-hydrogen) atoms. The highest BCUT2D eigenvalue weighted by Crippen LogP contribution is 2.22. The van der Waals surface area contributed by atoms with E-state index in [0.29, 0.717) is 21.3 Å². The zero-order valence-corrected chi connectivity index (χ0v) is 18.5. The molecule has 0 atom stereocenters. The predicted molar refractivity (Wildman–Crippen MR) is 124 cm³/mol. The highest BCUT2D eigenvalue weighted by molar-refractivity contribution is 7.12. The van der Waals surface area contributed by atoms with Gasteiger partial charge < -0.3 is 20.9 Å². The Morgan fingerprint density at radius 1 is 1.19 bits per heavy atom. The summed E-state index contributed by atoms with van der Waals surface area (Å²) < 4.78 is 1.62. The van der Waals surface area contributed by atoms with Gasteiger partial charge in [0.2, 0.25) is 0 Å². The van der Waals surface area contributed by atoms with Gasteiger partial charge in [0.15, 0.2) is 0 Å². The zero-order valence-electron chi connectivity index (χ0n) is 17.0. The van der Waals surface area contributed by atoms with Crippen molar-refractivity contribution < 1.29 is 9.59 Å². The minimum absolute atomic E-state index is 0.0598. The van der Waals surface area contributed by atoms with E-state index in [9.17, 15) is 9.59 Å². The number of carbonyl (C=O) groups is 2. The van der Waals surface area contributed by atoms with Gasteiger partial charge in [-0.1, -0.05) is 23.7 Å². The van der Waals surface area contributed by atoms with Crippen molar-refractivity contribution in [1.82, 2.24) is 20.0 Å². The molecule has 1 aliphatic rings. The number of carbonyl (C=O) groups excluding carboxylic acids is 2. The number of halogens is 1. The number of anilines is 2. The quantitative estimate of drug-likeness (QED) is 0.537. The van der Waals surface area contributed by atoms with Gasteiger partial charge in [-0.25, -0.2) is 9.48 Å². The molecule has 0 bridgehead atoms. The largest absolute Gasteiger partial charge is 0.349 e. The first-order valence-electron chi connectivity index (χ1n) is 9.93. The van der Waals surface area contributed by atoms with Gasteiger partial charge in [-0.2, -0.15) is 5.10 Å². The van der Waals surface area contributed by atoms with Gasteiger partial charge in [0.05, 0.1) is 39.4 Å². The van der Waals surface area contributed by atoms with Gasteiger partial charge >= 0.3 is 6.03 Å². The van der Waals surface area contributed by atoms with Crippen molar-refractivity contribution >= 4 is 46.3 Å². The van der Waals surface area contributed by atoms with E-state index < -0.39 is 6.03 Å². The maximum absolute atomic E-state index is 12.6. The van der Waals surface area contributed by atoms with E-state index in [1.54, 1.807) is 47.4 Å². The Labute approximate surface area is 189 Å². The molecule has 0 saturated carbocycles. The minimum Gasteiger partial charge on any atom is -0.349 e. The average molecular weight is 459 g/mol. The third kappa shape index (κ3) is 5.43. The van der Waals surface area contributed by atoms with E-state index in [1.807, 2.05) is 5.38 Å². The maximum atomic E-state index is 12.6. The van der Waals surface area contributed by atoms with E-state index in [4.69, 9.17) is 11.6 Å². The van der Waals surface area contributed by atoms with Crippen molar-refractivity contribution in [3.8, 4) is 5.69 Å². The van der Waals surface area contributed by atoms with Crippen LogP contribution in [0.2, 0.25) is 5.02 Å².